The summed E-state index contributed by atoms with van der Waals surface area (Å²) in [5.74, 6) is 0.649. The number of fused-ring (bicyclic) bond motifs is 1. The van der Waals surface area contributed by atoms with Crippen molar-refractivity contribution in [2.24, 2.45) is 0 Å². The Bertz CT molecular complexity index is 323. The van der Waals surface area contributed by atoms with Gasteiger partial charge in [0.15, 0.2) is 0 Å². The summed E-state index contributed by atoms with van der Waals surface area (Å²) in [4.78, 5) is 0. The highest BCUT2D eigenvalue weighted by atomic mass is 14.2. The standard InChI is InChI=1S/C14H17/c1-2-3-7-12-9-6-10-13-8-4-5-11-14(12)13/h4-6,8-12H,2-3,7H2,1H3. The van der Waals surface area contributed by atoms with Crippen LogP contribution < -0.4 is 0 Å². The van der Waals surface area contributed by atoms with Crippen molar-refractivity contribution in [3.05, 3.63) is 54.0 Å². The molecule has 0 spiro atoms. The van der Waals surface area contributed by atoms with E-state index in [9.17, 15) is 0 Å². The van der Waals surface area contributed by atoms with Crippen LogP contribution in [0.2, 0.25) is 0 Å². The number of rotatable bonds is 3. The summed E-state index contributed by atoms with van der Waals surface area (Å²) in [5, 5.41) is 0. The summed E-state index contributed by atoms with van der Waals surface area (Å²) in [6, 6.07) is 8.73. The Hall–Kier alpha value is -1.04. The minimum absolute atomic E-state index is 0.649. The summed E-state index contributed by atoms with van der Waals surface area (Å²) in [7, 11) is 0. The first-order valence-corrected chi connectivity index (χ1v) is 5.52. The molecule has 1 aromatic rings. The van der Waals surface area contributed by atoms with Crippen molar-refractivity contribution in [1.82, 2.24) is 0 Å². The maximum atomic E-state index is 2.33. The highest BCUT2D eigenvalue weighted by Crippen LogP contribution is 2.31. The molecule has 73 valence electrons. The molecule has 0 amide bonds. The average molecular weight is 185 g/mol. The van der Waals surface area contributed by atoms with Crippen LogP contribution in [0.5, 0.6) is 0 Å². The highest BCUT2D eigenvalue weighted by molar-refractivity contribution is 5.44. The monoisotopic (exact) mass is 185 g/mol. The predicted molar refractivity (Wildman–Crippen MR) is 61.3 cm³/mol. The van der Waals surface area contributed by atoms with E-state index in [1.54, 1.807) is 0 Å². The lowest BCUT2D eigenvalue weighted by Crippen LogP contribution is -2.03. The van der Waals surface area contributed by atoms with E-state index in [0.29, 0.717) is 5.92 Å². The van der Waals surface area contributed by atoms with Gasteiger partial charge in [0, 0.05) is 12.3 Å². The molecule has 0 fully saturated rings. The van der Waals surface area contributed by atoms with Gasteiger partial charge in [-0.15, -0.1) is 0 Å². The van der Waals surface area contributed by atoms with E-state index in [1.807, 2.05) is 0 Å². The Labute approximate surface area is 86.7 Å². The van der Waals surface area contributed by atoms with Crippen LogP contribution in [0.3, 0.4) is 0 Å². The molecule has 1 aromatic carbocycles. The van der Waals surface area contributed by atoms with Gasteiger partial charge in [-0.1, -0.05) is 56.2 Å². The van der Waals surface area contributed by atoms with Crippen LogP contribution in [0.1, 0.15) is 43.2 Å². The Morgan fingerprint density at radius 3 is 2.93 bits per heavy atom. The second-order valence-electron chi connectivity index (χ2n) is 3.93. The van der Waals surface area contributed by atoms with Crippen LogP contribution in [0.25, 0.3) is 0 Å². The van der Waals surface area contributed by atoms with E-state index in [-0.39, 0.29) is 0 Å². The zero-order valence-electron chi connectivity index (χ0n) is 8.74. The quantitative estimate of drug-likeness (QED) is 0.665. The molecule has 0 bridgehead atoms. The van der Waals surface area contributed by atoms with Crippen molar-refractivity contribution in [2.75, 3.05) is 0 Å². The molecule has 1 unspecified atom stereocenters. The van der Waals surface area contributed by atoms with Crippen LogP contribution >= 0.6 is 0 Å². The van der Waals surface area contributed by atoms with E-state index in [0.717, 1.165) is 0 Å². The number of hydrogen-bond donors (Lipinski definition) is 0. The van der Waals surface area contributed by atoms with Gasteiger partial charge in [-0.25, -0.2) is 0 Å². The molecular weight excluding hydrogens is 168 g/mol. The lowest BCUT2D eigenvalue weighted by atomic mass is 9.85. The van der Waals surface area contributed by atoms with Crippen LogP contribution in [-0.2, 0) is 0 Å². The van der Waals surface area contributed by atoms with Gasteiger partial charge in [0.2, 0.25) is 0 Å². The molecule has 1 radical (unpaired) electrons. The molecule has 0 heteroatoms. The molecule has 14 heavy (non-hydrogen) atoms. The molecule has 1 aliphatic rings. The summed E-state index contributed by atoms with van der Waals surface area (Å²) < 4.78 is 0. The lowest BCUT2D eigenvalue weighted by Gasteiger charge is -2.20. The van der Waals surface area contributed by atoms with Crippen LogP contribution in [0.4, 0.5) is 0 Å². The van der Waals surface area contributed by atoms with Crippen molar-refractivity contribution in [3.63, 3.8) is 0 Å². The molecule has 0 N–H and O–H groups in total. The van der Waals surface area contributed by atoms with Crippen molar-refractivity contribution in [2.45, 2.75) is 32.1 Å². The summed E-state index contributed by atoms with van der Waals surface area (Å²) >= 11 is 0. The smallest absolute Gasteiger partial charge is 0.0125 e. The zero-order chi connectivity index (χ0) is 9.80. The van der Waals surface area contributed by atoms with Gasteiger partial charge in [-0.3, -0.25) is 0 Å². The minimum Gasteiger partial charge on any atom is -0.0804 e. The first-order chi connectivity index (χ1) is 6.92. The molecule has 1 aliphatic carbocycles. The third-order valence-corrected chi connectivity index (χ3v) is 2.88. The number of allylic oxidation sites excluding steroid dienone is 2. The second kappa shape index (κ2) is 4.45. The van der Waals surface area contributed by atoms with Gasteiger partial charge in [0.1, 0.15) is 0 Å². The predicted octanol–water partition coefficient (Wildman–Crippen LogP) is 4.08. The largest absolute Gasteiger partial charge is 0.0804 e. The van der Waals surface area contributed by atoms with Gasteiger partial charge in [-0.2, -0.15) is 0 Å². The molecule has 0 nitrogen and oxygen atoms in total. The van der Waals surface area contributed by atoms with Crippen LogP contribution in [0.15, 0.2) is 36.4 Å². The van der Waals surface area contributed by atoms with Gasteiger partial charge in [0.05, 0.1) is 0 Å². The van der Waals surface area contributed by atoms with E-state index < -0.39 is 0 Å². The maximum absolute atomic E-state index is 2.33. The van der Waals surface area contributed by atoms with Gasteiger partial charge in [-0.05, 0) is 17.5 Å². The Balaban J connectivity index is 2.18. The van der Waals surface area contributed by atoms with E-state index >= 15 is 0 Å². The van der Waals surface area contributed by atoms with Gasteiger partial charge >= 0.3 is 0 Å². The normalized spacial score (nSPS) is 19.4. The van der Waals surface area contributed by atoms with E-state index in [4.69, 9.17) is 0 Å². The molecule has 1 atom stereocenters. The highest BCUT2D eigenvalue weighted by Gasteiger charge is 2.14. The number of benzene rings is 1. The van der Waals surface area contributed by atoms with Crippen molar-refractivity contribution in [1.29, 1.82) is 0 Å². The molecule has 2 rings (SSSR count). The van der Waals surface area contributed by atoms with Crippen LogP contribution in [-0.4, -0.2) is 0 Å². The third-order valence-electron chi connectivity index (χ3n) is 2.88. The summed E-state index contributed by atoms with van der Waals surface area (Å²) in [6.07, 6.45) is 10.6. The fourth-order valence-corrected chi connectivity index (χ4v) is 2.07. The first kappa shape index (κ1) is 9.51. The van der Waals surface area contributed by atoms with Gasteiger partial charge < -0.3 is 0 Å². The SMILES string of the molecule is CCCCC1C=C[CH]c2ccccc21. The first-order valence-electron chi connectivity index (χ1n) is 5.52. The molecule has 0 heterocycles. The summed E-state index contributed by atoms with van der Waals surface area (Å²) in [5.41, 5.74) is 2.90. The van der Waals surface area contributed by atoms with Crippen molar-refractivity contribution >= 4 is 0 Å². The number of unbranched alkanes of at least 4 members (excludes halogenated alkanes) is 1. The fourth-order valence-electron chi connectivity index (χ4n) is 2.07. The van der Waals surface area contributed by atoms with E-state index in [1.165, 1.54) is 30.4 Å². The Morgan fingerprint density at radius 2 is 2.07 bits per heavy atom. The molecular formula is C14H17. The van der Waals surface area contributed by atoms with Crippen molar-refractivity contribution < 1.29 is 0 Å². The third kappa shape index (κ3) is 1.89. The van der Waals surface area contributed by atoms with E-state index in [2.05, 4.69) is 49.8 Å². The average Bonchev–Trinajstić information content (AvgIpc) is 2.26. The van der Waals surface area contributed by atoms with Crippen molar-refractivity contribution in [3.8, 4) is 0 Å². The Morgan fingerprint density at radius 1 is 1.21 bits per heavy atom. The number of hydrogen-bond acceptors (Lipinski definition) is 0. The second-order valence-corrected chi connectivity index (χ2v) is 3.93. The fraction of sp³-hybridized carbons (Fsp3) is 0.357. The topological polar surface area (TPSA) is 0 Å². The Kier molecular flexibility index (Phi) is 3.03. The zero-order valence-corrected chi connectivity index (χ0v) is 8.74. The lowest BCUT2D eigenvalue weighted by molar-refractivity contribution is 0.658. The summed E-state index contributed by atoms with van der Waals surface area (Å²) in [6.45, 7) is 2.25. The molecule has 0 aromatic heterocycles. The van der Waals surface area contributed by atoms with Gasteiger partial charge in [0.25, 0.3) is 0 Å². The maximum Gasteiger partial charge on any atom is 0.0125 e. The van der Waals surface area contributed by atoms with Crippen LogP contribution in [0, 0.1) is 6.42 Å². The molecule has 0 aliphatic heterocycles. The molecule has 0 saturated carbocycles. The molecule has 0 saturated heterocycles. The minimum atomic E-state index is 0.649.